The summed E-state index contributed by atoms with van der Waals surface area (Å²) in [6.07, 6.45) is 1.23. The largest absolute Gasteiger partial charge is 0.454 e. The van der Waals surface area contributed by atoms with Gasteiger partial charge in [-0.1, -0.05) is 6.92 Å². The van der Waals surface area contributed by atoms with E-state index in [1.165, 1.54) is 0 Å². The highest BCUT2D eigenvalue weighted by Gasteiger charge is 2.29. The summed E-state index contributed by atoms with van der Waals surface area (Å²) in [4.78, 5) is 26.0. The molecule has 1 saturated heterocycles. The van der Waals surface area contributed by atoms with E-state index in [2.05, 4.69) is 0 Å². The molecule has 5 nitrogen and oxygen atoms in total. The minimum absolute atomic E-state index is 0.0262. The first-order valence-corrected chi connectivity index (χ1v) is 6.90. The van der Waals surface area contributed by atoms with Crippen LogP contribution < -0.4 is 9.47 Å². The number of Topliss-reactive ketones (excluding diaryl/α,β-unsaturated/α-hetero) is 1. The molecule has 1 aromatic rings. The van der Waals surface area contributed by atoms with Crippen molar-refractivity contribution in [1.82, 2.24) is 4.90 Å². The van der Waals surface area contributed by atoms with Gasteiger partial charge in [-0.15, -0.1) is 0 Å². The maximum absolute atomic E-state index is 12.5. The zero-order chi connectivity index (χ0) is 14.1. The Hall–Kier alpha value is -2.04. The highest BCUT2D eigenvalue weighted by atomic mass is 16.7. The fourth-order valence-electron chi connectivity index (χ4n) is 2.66. The SMILES string of the molecule is CCC1CN(C(=O)c2ccc3c(c2)OCO3)CCC1=O. The quantitative estimate of drug-likeness (QED) is 0.826. The molecule has 0 spiro atoms. The zero-order valence-electron chi connectivity index (χ0n) is 11.4. The van der Waals surface area contributed by atoms with Gasteiger partial charge in [0.05, 0.1) is 0 Å². The lowest BCUT2D eigenvalue weighted by Gasteiger charge is -2.31. The standard InChI is InChI=1S/C15H17NO4/c1-2-10-8-16(6-5-12(10)17)15(18)11-3-4-13-14(7-11)20-9-19-13/h3-4,7,10H,2,5-6,8-9H2,1H3. The third-order valence-electron chi connectivity index (χ3n) is 3.92. The summed E-state index contributed by atoms with van der Waals surface area (Å²) in [5.74, 6) is 1.47. The molecule has 0 saturated carbocycles. The fourth-order valence-corrected chi connectivity index (χ4v) is 2.66. The van der Waals surface area contributed by atoms with E-state index < -0.39 is 0 Å². The molecule has 3 rings (SSSR count). The number of amides is 1. The topological polar surface area (TPSA) is 55.8 Å². The van der Waals surface area contributed by atoms with Gasteiger partial charge in [-0.3, -0.25) is 9.59 Å². The summed E-state index contributed by atoms with van der Waals surface area (Å²) < 4.78 is 10.5. The zero-order valence-corrected chi connectivity index (χ0v) is 11.4. The van der Waals surface area contributed by atoms with E-state index in [1.807, 2.05) is 6.92 Å². The predicted molar refractivity (Wildman–Crippen MR) is 71.9 cm³/mol. The number of hydrogen-bond acceptors (Lipinski definition) is 4. The van der Waals surface area contributed by atoms with Crippen molar-refractivity contribution in [2.24, 2.45) is 5.92 Å². The molecule has 1 aromatic carbocycles. The van der Waals surface area contributed by atoms with Crippen molar-refractivity contribution in [2.75, 3.05) is 19.9 Å². The molecule has 1 unspecified atom stereocenters. The third kappa shape index (κ3) is 2.24. The van der Waals surface area contributed by atoms with Crippen LogP contribution in [0.4, 0.5) is 0 Å². The van der Waals surface area contributed by atoms with Crippen molar-refractivity contribution >= 4 is 11.7 Å². The Labute approximate surface area is 117 Å². The van der Waals surface area contributed by atoms with Crippen LogP contribution in [0.1, 0.15) is 30.1 Å². The Bertz CT molecular complexity index is 555. The van der Waals surface area contributed by atoms with Crippen LogP contribution >= 0.6 is 0 Å². The van der Waals surface area contributed by atoms with Crippen LogP contribution in [0.2, 0.25) is 0 Å². The van der Waals surface area contributed by atoms with Gasteiger partial charge < -0.3 is 14.4 Å². The van der Waals surface area contributed by atoms with Crippen LogP contribution in [0.3, 0.4) is 0 Å². The van der Waals surface area contributed by atoms with Crippen LogP contribution in [0.25, 0.3) is 0 Å². The number of nitrogens with zero attached hydrogens (tertiary/aromatic N) is 1. The molecule has 0 radical (unpaired) electrons. The van der Waals surface area contributed by atoms with Gasteiger partial charge in [0.1, 0.15) is 5.78 Å². The Morgan fingerprint density at radius 2 is 2.15 bits per heavy atom. The van der Waals surface area contributed by atoms with Gasteiger partial charge >= 0.3 is 0 Å². The smallest absolute Gasteiger partial charge is 0.254 e. The van der Waals surface area contributed by atoms with Gasteiger partial charge in [-0.2, -0.15) is 0 Å². The lowest BCUT2D eigenvalue weighted by Crippen LogP contribution is -2.43. The van der Waals surface area contributed by atoms with Crippen LogP contribution in [0.15, 0.2) is 18.2 Å². The van der Waals surface area contributed by atoms with Crippen LogP contribution in [-0.2, 0) is 4.79 Å². The molecule has 0 bridgehead atoms. The van der Waals surface area contributed by atoms with Gasteiger partial charge in [-0.05, 0) is 24.6 Å². The second-order valence-electron chi connectivity index (χ2n) is 5.14. The summed E-state index contributed by atoms with van der Waals surface area (Å²) in [7, 11) is 0. The predicted octanol–water partition coefficient (Wildman–Crippen LogP) is 1.86. The molecule has 106 valence electrons. The molecule has 20 heavy (non-hydrogen) atoms. The summed E-state index contributed by atoms with van der Waals surface area (Å²) in [5, 5.41) is 0. The maximum Gasteiger partial charge on any atom is 0.254 e. The van der Waals surface area contributed by atoms with Crippen LogP contribution in [0, 0.1) is 5.92 Å². The van der Waals surface area contributed by atoms with E-state index in [4.69, 9.17) is 9.47 Å². The second kappa shape index (κ2) is 5.15. The summed E-state index contributed by atoms with van der Waals surface area (Å²) in [6.45, 7) is 3.20. The van der Waals surface area contributed by atoms with Crippen molar-refractivity contribution in [3.05, 3.63) is 23.8 Å². The van der Waals surface area contributed by atoms with Crippen molar-refractivity contribution in [1.29, 1.82) is 0 Å². The first-order chi connectivity index (χ1) is 9.69. The number of ether oxygens (including phenoxy) is 2. The van der Waals surface area contributed by atoms with Crippen LogP contribution in [0.5, 0.6) is 11.5 Å². The van der Waals surface area contributed by atoms with Crippen LogP contribution in [-0.4, -0.2) is 36.5 Å². The number of rotatable bonds is 2. The van der Waals surface area contributed by atoms with Gasteiger partial charge in [-0.25, -0.2) is 0 Å². The van der Waals surface area contributed by atoms with Gasteiger partial charge in [0.15, 0.2) is 11.5 Å². The maximum atomic E-state index is 12.5. The van der Waals surface area contributed by atoms with E-state index >= 15 is 0 Å². The molecule has 0 aromatic heterocycles. The van der Waals surface area contributed by atoms with Crippen molar-refractivity contribution in [3.8, 4) is 11.5 Å². The molecule has 1 atom stereocenters. The first-order valence-electron chi connectivity index (χ1n) is 6.90. The Morgan fingerprint density at radius 1 is 1.35 bits per heavy atom. The number of likely N-dealkylation sites (tertiary alicyclic amines) is 1. The van der Waals surface area contributed by atoms with E-state index in [-0.39, 0.29) is 24.4 Å². The Balaban J connectivity index is 1.77. The minimum Gasteiger partial charge on any atom is -0.454 e. The summed E-state index contributed by atoms with van der Waals surface area (Å²) in [5.41, 5.74) is 0.582. The minimum atomic E-state index is -0.0470. The van der Waals surface area contributed by atoms with Crippen molar-refractivity contribution in [3.63, 3.8) is 0 Å². The second-order valence-corrected chi connectivity index (χ2v) is 5.14. The molecule has 2 aliphatic rings. The van der Waals surface area contributed by atoms with Crippen molar-refractivity contribution in [2.45, 2.75) is 19.8 Å². The number of hydrogen-bond donors (Lipinski definition) is 0. The molecule has 0 aliphatic carbocycles. The fraction of sp³-hybridized carbons (Fsp3) is 0.467. The van der Waals surface area contributed by atoms with E-state index in [0.29, 0.717) is 36.6 Å². The number of piperidine rings is 1. The Morgan fingerprint density at radius 3 is 2.95 bits per heavy atom. The first kappa shape index (κ1) is 13.0. The summed E-state index contributed by atoms with van der Waals surface area (Å²) in [6, 6.07) is 5.21. The van der Waals surface area contributed by atoms with E-state index in [1.54, 1.807) is 23.1 Å². The number of carbonyl (C=O) groups excluding carboxylic acids is 2. The third-order valence-corrected chi connectivity index (χ3v) is 3.92. The lowest BCUT2D eigenvalue weighted by atomic mass is 9.93. The molecule has 2 aliphatic heterocycles. The van der Waals surface area contributed by atoms with Crippen molar-refractivity contribution < 1.29 is 19.1 Å². The normalized spacial score (nSPS) is 21.1. The average Bonchev–Trinajstić information content (AvgIpc) is 2.94. The molecule has 1 fully saturated rings. The monoisotopic (exact) mass is 275 g/mol. The number of ketones is 1. The number of benzene rings is 1. The highest BCUT2D eigenvalue weighted by molar-refractivity contribution is 5.96. The summed E-state index contributed by atoms with van der Waals surface area (Å²) >= 11 is 0. The Kier molecular flexibility index (Phi) is 3.34. The highest BCUT2D eigenvalue weighted by Crippen LogP contribution is 2.33. The van der Waals surface area contributed by atoms with Gasteiger partial charge in [0, 0.05) is 31.0 Å². The molecular weight excluding hydrogens is 258 g/mol. The van der Waals surface area contributed by atoms with Gasteiger partial charge in [0.2, 0.25) is 6.79 Å². The molecule has 1 amide bonds. The van der Waals surface area contributed by atoms with Gasteiger partial charge in [0.25, 0.3) is 5.91 Å². The average molecular weight is 275 g/mol. The number of carbonyl (C=O) groups is 2. The van der Waals surface area contributed by atoms with E-state index in [9.17, 15) is 9.59 Å². The lowest BCUT2D eigenvalue weighted by molar-refractivity contribution is -0.125. The van der Waals surface area contributed by atoms with E-state index in [0.717, 1.165) is 6.42 Å². The molecule has 0 N–H and O–H groups in total. The molecule has 2 heterocycles. The number of fused-ring (bicyclic) bond motifs is 1. The molecular formula is C15H17NO4. The molecule has 5 heteroatoms.